The molecule has 23 heavy (non-hydrogen) atoms. The summed E-state index contributed by atoms with van der Waals surface area (Å²) >= 11 is 0. The van der Waals surface area contributed by atoms with Crippen molar-refractivity contribution in [3.8, 4) is 0 Å². The van der Waals surface area contributed by atoms with Crippen molar-refractivity contribution in [1.82, 2.24) is 9.55 Å². The highest BCUT2D eigenvalue weighted by atomic mass is 16.2. The molecule has 2 amide bonds. The lowest BCUT2D eigenvalue weighted by Gasteiger charge is -2.10. The molecule has 0 saturated carbocycles. The fourth-order valence-corrected chi connectivity index (χ4v) is 2.03. The van der Waals surface area contributed by atoms with Crippen molar-refractivity contribution >= 4 is 17.5 Å². The Morgan fingerprint density at radius 2 is 2.00 bits per heavy atom. The minimum Gasteiger partial charge on any atom is -0.366 e. The smallest absolute Gasteiger partial charge is 0.254 e. The fourth-order valence-electron chi connectivity index (χ4n) is 2.03. The summed E-state index contributed by atoms with van der Waals surface area (Å²) in [7, 11) is 0. The molecule has 7 heteroatoms. The van der Waals surface area contributed by atoms with E-state index in [0.29, 0.717) is 11.4 Å². The van der Waals surface area contributed by atoms with Gasteiger partial charge in [-0.25, -0.2) is 4.98 Å². The minimum absolute atomic E-state index is 0.133. The van der Waals surface area contributed by atoms with E-state index in [9.17, 15) is 14.4 Å². The number of nitrogens with zero attached hydrogens (tertiary/aromatic N) is 2. The van der Waals surface area contributed by atoms with Gasteiger partial charge in [0.25, 0.3) is 11.5 Å². The molecule has 2 aromatic rings. The maximum Gasteiger partial charge on any atom is 0.254 e. The number of rotatable bonds is 5. The van der Waals surface area contributed by atoms with Crippen LogP contribution in [0.25, 0.3) is 0 Å². The Bertz CT molecular complexity index is 796. The Morgan fingerprint density at radius 1 is 1.30 bits per heavy atom. The van der Waals surface area contributed by atoms with Gasteiger partial charge in [-0.15, -0.1) is 0 Å². The van der Waals surface area contributed by atoms with E-state index in [1.54, 1.807) is 18.2 Å². The molecule has 0 unspecified atom stereocenters. The molecular weight excluding hydrogens is 296 g/mol. The van der Waals surface area contributed by atoms with Crippen LogP contribution in [0.3, 0.4) is 0 Å². The Hall–Kier alpha value is -2.96. The zero-order chi connectivity index (χ0) is 17.0. The molecule has 0 radical (unpaired) electrons. The monoisotopic (exact) mass is 314 g/mol. The molecule has 0 bridgehead atoms. The number of anilines is 1. The number of carbonyl (C=O) groups is 2. The summed E-state index contributed by atoms with van der Waals surface area (Å²) < 4.78 is 1.20. The van der Waals surface area contributed by atoms with Crippen LogP contribution < -0.4 is 16.6 Å². The van der Waals surface area contributed by atoms with Gasteiger partial charge in [0.1, 0.15) is 6.54 Å². The topological polar surface area (TPSA) is 107 Å². The van der Waals surface area contributed by atoms with Gasteiger partial charge in [-0.2, -0.15) is 0 Å². The van der Waals surface area contributed by atoms with Crippen LogP contribution in [-0.2, 0) is 11.3 Å². The lowest BCUT2D eigenvalue weighted by molar-refractivity contribution is -0.116. The minimum atomic E-state index is -0.638. The average Bonchev–Trinajstić information content (AvgIpc) is 2.49. The van der Waals surface area contributed by atoms with Gasteiger partial charge in [-0.05, 0) is 18.1 Å². The van der Waals surface area contributed by atoms with E-state index in [-0.39, 0.29) is 23.6 Å². The van der Waals surface area contributed by atoms with E-state index in [1.807, 2.05) is 13.8 Å². The van der Waals surface area contributed by atoms with Crippen molar-refractivity contribution in [1.29, 1.82) is 0 Å². The normalized spacial score (nSPS) is 10.6. The van der Waals surface area contributed by atoms with Crippen LogP contribution in [0.2, 0.25) is 0 Å². The van der Waals surface area contributed by atoms with Crippen LogP contribution in [0.15, 0.2) is 41.5 Å². The van der Waals surface area contributed by atoms with Crippen molar-refractivity contribution < 1.29 is 9.59 Å². The zero-order valence-electron chi connectivity index (χ0n) is 12.9. The molecule has 1 aromatic heterocycles. The second-order valence-corrected chi connectivity index (χ2v) is 5.39. The van der Waals surface area contributed by atoms with E-state index in [2.05, 4.69) is 10.3 Å². The van der Waals surface area contributed by atoms with Crippen molar-refractivity contribution in [3.05, 3.63) is 58.3 Å². The van der Waals surface area contributed by atoms with Crippen molar-refractivity contribution in [2.24, 2.45) is 5.73 Å². The number of hydrogen-bond donors (Lipinski definition) is 2. The highest BCUT2D eigenvalue weighted by Crippen LogP contribution is 2.14. The number of hydrogen-bond acceptors (Lipinski definition) is 4. The van der Waals surface area contributed by atoms with Gasteiger partial charge >= 0.3 is 0 Å². The van der Waals surface area contributed by atoms with Gasteiger partial charge in [0, 0.05) is 6.07 Å². The third-order valence-corrected chi connectivity index (χ3v) is 3.27. The van der Waals surface area contributed by atoms with E-state index >= 15 is 0 Å². The highest BCUT2D eigenvalue weighted by molar-refractivity contribution is 6.02. The molecular formula is C16H18N4O3. The SMILES string of the molecule is CC(C)c1cc(=O)n(CC(=O)Nc2ccccc2C(N)=O)cn1. The summed E-state index contributed by atoms with van der Waals surface area (Å²) in [4.78, 5) is 39.5. The maximum absolute atomic E-state index is 12.1. The van der Waals surface area contributed by atoms with Gasteiger partial charge in [-0.3, -0.25) is 19.0 Å². The first-order valence-corrected chi connectivity index (χ1v) is 7.13. The Labute approximate surface area is 133 Å². The van der Waals surface area contributed by atoms with E-state index in [0.717, 1.165) is 0 Å². The van der Waals surface area contributed by atoms with E-state index < -0.39 is 11.8 Å². The Kier molecular flexibility index (Phi) is 4.90. The first kappa shape index (κ1) is 16.4. The largest absolute Gasteiger partial charge is 0.366 e. The van der Waals surface area contributed by atoms with Crippen LogP contribution in [0.1, 0.15) is 35.8 Å². The third kappa shape index (κ3) is 4.03. The number of para-hydroxylation sites is 1. The molecule has 0 aliphatic heterocycles. The van der Waals surface area contributed by atoms with Crippen LogP contribution in [-0.4, -0.2) is 21.4 Å². The summed E-state index contributed by atoms with van der Waals surface area (Å²) in [5.74, 6) is -0.950. The number of nitrogens with one attached hydrogen (secondary N) is 1. The number of primary amides is 1. The van der Waals surface area contributed by atoms with Gasteiger partial charge in [0.2, 0.25) is 5.91 Å². The number of carbonyl (C=O) groups excluding carboxylic acids is 2. The van der Waals surface area contributed by atoms with Crippen molar-refractivity contribution in [2.45, 2.75) is 26.3 Å². The molecule has 0 saturated heterocycles. The maximum atomic E-state index is 12.1. The van der Waals surface area contributed by atoms with Gasteiger partial charge in [0.05, 0.1) is 23.3 Å². The second kappa shape index (κ2) is 6.87. The van der Waals surface area contributed by atoms with Crippen molar-refractivity contribution in [3.63, 3.8) is 0 Å². The predicted octanol–water partition coefficient (Wildman–Crippen LogP) is 1.10. The molecule has 0 spiro atoms. The molecule has 7 nitrogen and oxygen atoms in total. The molecule has 0 aliphatic rings. The molecule has 0 fully saturated rings. The summed E-state index contributed by atoms with van der Waals surface area (Å²) in [6.45, 7) is 3.66. The third-order valence-electron chi connectivity index (χ3n) is 3.27. The summed E-state index contributed by atoms with van der Waals surface area (Å²) in [6, 6.07) is 7.82. The lowest BCUT2D eigenvalue weighted by Crippen LogP contribution is -2.28. The fraction of sp³-hybridized carbons (Fsp3) is 0.250. The van der Waals surface area contributed by atoms with Gasteiger partial charge < -0.3 is 11.1 Å². The van der Waals surface area contributed by atoms with E-state index in [1.165, 1.54) is 23.0 Å². The number of amides is 2. The standard InChI is InChI=1S/C16H18N4O3/c1-10(2)13-7-15(22)20(9-18-13)8-14(21)19-12-6-4-3-5-11(12)16(17)23/h3-7,9-10H,8H2,1-2H3,(H2,17,23)(H,19,21). The zero-order valence-corrected chi connectivity index (χ0v) is 12.9. The summed E-state index contributed by atoms with van der Waals surface area (Å²) in [6.07, 6.45) is 1.34. The highest BCUT2D eigenvalue weighted by Gasteiger charge is 2.12. The summed E-state index contributed by atoms with van der Waals surface area (Å²) in [5.41, 5.74) is 6.14. The molecule has 0 aliphatic carbocycles. The molecule has 1 aromatic carbocycles. The molecule has 1 heterocycles. The van der Waals surface area contributed by atoms with Gasteiger partial charge in [0.15, 0.2) is 0 Å². The first-order valence-electron chi connectivity index (χ1n) is 7.13. The lowest BCUT2D eigenvalue weighted by atomic mass is 10.1. The second-order valence-electron chi connectivity index (χ2n) is 5.39. The quantitative estimate of drug-likeness (QED) is 0.861. The molecule has 120 valence electrons. The summed E-state index contributed by atoms with van der Waals surface area (Å²) in [5, 5.41) is 2.58. The van der Waals surface area contributed by atoms with Crippen LogP contribution in [0, 0.1) is 0 Å². The molecule has 0 atom stereocenters. The predicted molar refractivity (Wildman–Crippen MR) is 86.2 cm³/mol. The van der Waals surface area contributed by atoms with Crippen molar-refractivity contribution in [2.75, 3.05) is 5.32 Å². The van der Waals surface area contributed by atoms with Gasteiger partial charge in [-0.1, -0.05) is 26.0 Å². The van der Waals surface area contributed by atoms with Crippen LogP contribution >= 0.6 is 0 Å². The van der Waals surface area contributed by atoms with Crippen LogP contribution in [0.5, 0.6) is 0 Å². The van der Waals surface area contributed by atoms with E-state index in [4.69, 9.17) is 5.73 Å². The van der Waals surface area contributed by atoms with Crippen LogP contribution in [0.4, 0.5) is 5.69 Å². The Balaban J connectivity index is 2.15. The Morgan fingerprint density at radius 3 is 2.61 bits per heavy atom. The first-order chi connectivity index (χ1) is 10.9. The average molecular weight is 314 g/mol. The number of aromatic nitrogens is 2. The molecule has 2 rings (SSSR count). The number of benzene rings is 1. The molecule has 3 N–H and O–H groups in total. The number of nitrogens with two attached hydrogens (primary N) is 1.